The molecule has 2 aromatic heterocycles. The molecule has 0 saturated heterocycles. The number of nitrogens with zero attached hydrogens (tertiary/aromatic N) is 4. The number of methoxy groups -OCH3 is 1. The predicted molar refractivity (Wildman–Crippen MR) is 156 cm³/mol. The van der Waals surface area contributed by atoms with Crippen LogP contribution in [0, 0.1) is 11.8 Å². The second kappa shape index (κ2) is 12.3. The van der Waals surface area contributed by atoms with Gasteiger partial charge in [-0.05, 0) is 37.8 Å². The number of carbonyl (C=O) groups is 3. The molecule has 0 radical (unpaired) electrons. The topological polar surface area (TPSA) is 138 Å². The molecule has 2 fully saturated rings. The van der Waals surface area contributed by atoms with Crippen LogP contribution in [0.2, 0.25) is 0 Å². The van der Waals surface area contributed by atoms with Crippen LogP contribution in [0.25, 0.3) is 11.1 Å². The first-order valence-corrected chi connectivity index (χ1v) is 14.1. The molecule has 1 atom stereocenters. The number of halogens is 2. The summed E-state index contributed by atoms with van der Waals surface area (Å²) in [5.41, 5.74) is 2.23. The van der Waals surface area contributed by atoms with Crippen molar-refractivity contribution in [1.82, 2.24) is 25.4 Å². The van der Waals surface area contributed by atoms with Gasteiger partial charge in [0.25, 0.3) is 17.7 Å². The highest BCUT2D eigenvalue weighted by atomic mass is 19.3. The molecule has 11 nitrogen and oxygen atoms in total. The van der Waals surface area contributed by atoms with Gasteiger partial charge in [-0.25, -0.2) is 8.78 Å². The third kappa shape index (κ3) is 6.55. The largest absolute Gasteiger partial charge is 0.494 e. The van der Waals surface area contributed by atoms with E-state index in [2.05, 4.69) is 31.1 Å². The lowest BCUT2D eigenvalue weighted by molar-refractivity contribution is -0.117. The van der Waals surface area contributed by atoms with Gasteiger partial charge in [0.1, 0.15) is 11.4 Å². The third-order valence-corrected chi connectivity index (χ3v) is 7.72. The predicted octanol–water partition coefficient (Wildman–Crippen LogP) is 4.51. The highest BCUT2D eigenvalue weighted by Crippen LogP contribution is 2.41. The Hall–Kier alpha value is -4.68. The lowest BCUT2D eigenvalue weighted by Gasteiger charge is -2.25. The zero-order valence-electron chi connectivity index (χ0n) is 24.1. The fourth-order valence-electron chi connectivity index (χ4n) is 5.15. The first-order valence-electron chi connectivity index (χ1n) is 14.1. The SMILES string of the molecule is CNC(=O)c1nnc(NC(=O)C2CC2)cc1Nc1cccc(-c2ccc(C(=O)N(C)C[C@@H]3CCCC3(F)F)nc2)c1OC. The molecule has 226 valence electrons. The minimum atomic E-state index is -2.76. The average Bonchev–Trinajstić information content (AvgIpc) is 3.81. The number of amides is 3. The molecule has 5 rings (SSSR count). The highest BCUT2D eigenvalue weighted by molar-refractivity contribution is 6.00. The molecule has 0 aliphatic heterocycles. The molecule has 0 spiro atoms. The summed E-state index contributed by atoms with van der Waals surface area (Å²) >= 11 is 0. The van der Waals surface area contributed by atoms with E-state index in [-0.39, 0.29) is 42.0 Å². The molecule has 0 unspecified atom stereocenters. The van der Waals surface area contributed by atoms with Gasteiger partial charge < -0.3 is 25.6 Å². The van der Waals surface area contributed by atoms with Crippen molar-refractivity contribution in [2.24, 2.45) is 11.8 Å². The van der Waals surface area contributed by atoms with Gasteiger partial charge in [-0.3, -0.25) is 19.4 Å². The Morgan fingerprint density at radius 3 is 2.51 bits per heavy atom. The molecule has 2 aliphatic rings. The molecule has 3 N–H and O–H groups in total. The van der Waals surface area contributed by atoms with E-state index in [1.54, 1.807) is 24.3 Å². The van der Waals surface area contributed by atoms with Crippen LogP contribution in [0.4, 0.5) is 26.0 Å². The Bertz CT molecular complexity index is 1530. The number of benzene rings is 1. The summed E-state index contributed by atoms with van der Waals surface area (Å²) in [6, 6.07) is 10.1. The van der Waals surface area contributed by atoms with E-state index in [1.807, 2.05) is 6.07 Å². The van der Waals surface area contributed by atoms with Crippen molar-refractivity contribution >= 4 is 34.9 Å². The summed E-state index contributed by atoms with van der Waals surface area (Å²) in [6.07, 6.45) is 3.85. The quantitative estimate of drug-likeness (QED) is 0.312. The molecule has 1 aromatic carbocycles. The van der Waals surface area contributed by atoms with Crippen molar-refractivity contribution in [2.75, 3.05) is 38.4 Å². The summed E-state index contributed by atoms with van der Waals surface area (Å²) in [6.45, 7) is -0.0370. The summed E-state index contributed by atoms with van der Waals surface area (Å²) < 4.78 is 33.9. The summed E-state index contributed by atoms with van der Waals surface area (Å²) in [5, 5.41) is 16.5. The normalized spacial score (nSPS) is 17.2. The average molecular weight is 594 g/mol. The maximum absolute atomic E-state index is 14.1. The second-order valence-corrected chi connectivity index (χ2v) is 10.8. The number of ether oxygens (including phenoxy) is 1. The van der Waals surface area contributed by atoms with E-state index in [0.29, 0.717) is 41.1 Å². The molecule has 2 aliphatic carbocycles. The van der Waals surface area contributed by atoms with Crippen LogP contribution in [-0.4, -0.2) is 71.5 Å². The van der Waals surface area contributed by atoms with Crippen molar-refractivity contribution in [3.05, 3.63) is 54.0 Å². The maximum Gasteiger partial charge on any atom is 0.273 e. The number of pyridine rings is 1. The minimum Gasteiger partial charge on any atom is -0.494 e. The third-order valence-electron chi connectivity index (χ3n) is 7.72. The summed E-state index contributed by atoms with van der Waals surface area (Å²) in [5.74, 6) is -4.10. The van der Waals surface area contributed by atoms with Crippen molar-refractivity contribution in [3.63, 3.8) is 0 Å². The van der Waals surface area contributed by atoms with Gasteiger partial charge in [0, 0.05) is 62.3 Å². The lowest BCUT2D eigenvalue weighted by Crippen LogP contribution is -2.37. The van der Waals surface area contributed by atoms with Gasteiger partial charge >= 0.3 is 0 Å². The second-order valence-electron chi connectivity index (χ2n) is 10.8. The number of hydrogen-bond donors (Lipinski definition) is 3. The maximum atomic E-state index is 14.1. The van der Waals surface area contributed by atoms with Gasteiger partial charge in [-0.2, -0.15) is 0 Å². The van der Waals surface area contributed by atoms with Crippen LogP contribution >= 0.6 is 0 Å². The van der Waals surface area contributed by atoms with Crippen LogP contribution in [0.5, 0.6) is 5.75 Å². The van der Waals surface area contributed by atoms with E-state index in [0.717, 1.165) is 12.8 Å². The van der Waals surface area contributed by atoms with Gasteiger partial charge in [0.05, 0.1) is 18.5 Å². The van der Waals surface area contributed by atoms with Crippen LogP contribution in [0.15, 0.2) is 42.6 Å². The summed E-state index contributed by atoms with van der Waals surface area (Å²) in [4.78, 5) is 43.3. The number of para-hydroxylation sites is 1. The van der Waals surface area contributed by atoms with E-state index in [4.69, 9.17) is 4.74 Å². The fraction of sp³-hybridized carbons (Fsp3) is 0.400. The molecule has 0 bridgehead atoms. The van der Waals surface area contributed by atoms with Crippen LogP contribution < -0.4 is 20.7 Å². The van der Waals surface area contributed by atoms with Crippen molar-refractivity contribution in [3.8, 4) is 16.9 Å². The standard InChI is InChI=1S/C30H33F2N7O4/c1-33-28(41)25-23(14-24(37-38-25)36-27(40)17-9-10-17)35-21-8-4-7-20(26(21)43-3)18-11-12-22(34-15-18)29(42)39(2)16-19-6-5-13-30(19,31)32/h4,7-8,11-12,14-15,17,19H,5-6,9-10,13,16H2,1-3H3,(H,33,41)(H2,35,36,37,40)/t19-/m0/s1. The Morgan fingerprint density at radius 2 is 1.88 bits per heavy atom. The van der Waals surface area contributed by atoms with Crippen LogP contribution in [0.1, 0.15) is 53.1 Å². The van der Waals surface area contributed by atoms with E-state index in [1.165, 1.54) is 38.4 Å². The molecule has 3 aromatic rings. The summed E-state index contributed by atoms with van der Waals surface area (Å²) in [7, 11) is 4.48. The molecule has 2 heterocycles. The fourth-order valence-corrected chi connectivity index (χ4v) is 5.15. The van der Waals surface area contributed by atoms with Crippen LogP contribution in [-0.2, 0) is 4.79 Å². The Kier molecular flexibility index (Phi) is 8.51. The number of rotatable bonds is 10. The zero-order valence-corrected chi connectivity index (χ0v) is 24.1. The molecular weight excluding hydrogens is 560 g/mol. The zero-order chi connectivity index (χ0) is 30.7. The first-order chi connectivity index (χ1) is 20.6. The molecule has 43 heavy (non-hydrogen) atoms. The number of alkyl halides is 2. The van der Waals surface area contributed by atoms with Crippen molar-refractivity contribution in [1.29, 1.82) is 0 Å². The van der Waals surface area contributed by atoms with Crippen molar-refractivity contribution < 1.29 is 27.9 Å². The van der Waals surface area contributed by atoms with Gasteiger partial charge in [-0.1, -0.05) is 18.2 Å². The number of anilines is 3. The van der Waals surface area contributed by atoms with Gasteiger partial charge in [0.15, 0.2) is 11.5 Å². The van der Waals surface area contributed by atoms with Crippen molar-refractivity contribution in [2.45, 2.75) is 38.0 Å². The van der Waals surface area contributed by atoms with Gasteiger partial charge in [0.2, 0.25) is 5.91 Å². The monoisotopic (exact) mass is 593 g/mol. The number of aromatic nitrogens is 3. The van der Waals surface area contributed by atoms with Crippen LogP contribution in [0.3, 0.4) is 0 Å². The number of nitrogens with one attached hydrogen (secondary N) is 3. The Balaban J connectivity index is 1.38. The lowest BCUT2D eigenvalue weighted by atomic mass is 10.0. The number of carbonyl (C=O) groups excluding carboxylic acids is 3. The van der Waals surface area contributed by atoms with E-state index < -0.39 is 23.7 Å². The highest BCUT2D eigenvalue weighted by Gasteiger charge is 2.44. The van der Waals surface area contributed by atoms with Gasteiger partial charge in [-0.15, -0.1) is 10.2 Å². The molecule has 2 saturated carbocycles. The first kappa shape index (κ1) is 29.8. The molecular formula is C30H33F2N7O4. The molecule has 3 amide bonds. The molecule has 13 heteroatoms. The number of hydrogen-bond acceptors (Lipinski definition) is 8. The Labute approximate surface area is 247 Å². The Morgan fingerprint density at radius 1 is 1.09 bits per heavy atom. The minimum absolute atomic E-state index is 0.0170. The smallest absolute Gasteiger partial charge is 0.273 e. The van der Waals surface area contributed by atoms with E-state index >= 15 is 0 Å². The van der Waals surface area contributed by atoms with E-state index in [9.17, 15) is 23.2 Å².